The Labute approximate surface area is 97.9 Å². The Bertz CT molecular complexity index is 539. The van der Waals surface area contributed by atoms with Gasteiger partial charge in [0.05, 0.1) is 0 Å². The zero-order valence-electron chi connectivity index (χ0n) is 11.2. The van der Waals surface area contributed by atoms with Gasteiger partial charge in [-0.05, 0) is 48.9 Å². The third-order valence-electron chi connectivity index (χ3n) is 3.32. The van der Waals surface area contributed by atoms with E-state index >= 15 is 0 Å². The molecule has 0 aliphatic rings. The predicted molar refractivity (Wildman–Crippen MR) is 71.2 cm³/mol. The lowest BCUT2D eigenvalue weighted by Crippen LogP contribution is -2.13. The van der Waals surface area contributed by atoms with Crippen LogP contribution in [0.2, 0.25) is 0 Å². The van der Waals surface area contributed by atoms with Crippen molar-refractivity contribution < 1.29 is 0 Å². The van der Waals surface area contributed by atoms with Gasteiger partial charge in [0.1, 0.15) is 0 Å². The fourth-order valence-electron chi connectivity index (χ4n) is 2.52. The third kappa shape index (κ3) is 1.64. The van der Waals surface area contributed by atoms with Crippen LogP contribution in [0, 0.1) is 20.8 Å². The molecule has 1 heteroatoms. The van der Waals surface area contributed by atoms with E-state index in [1.807, 2.05) is 0 Å². The van der Waals surface area contributed by atoms with Gasteiger partial charge in [-0.25, -0.2) is 0 Å². The molecule has 1 heterocycles. The molecule has 1 nitrogen and oxygen atoms in total. The van der Waals surface area contributed by atoms with Gasteiger partial charge in [-0.2, -0.15) is 0 Å². The second kappa shape index (κ2) is 3.38. The SMILES string of the molecule is Cc1cc2c(C)c(C(C)(C)C)cc(C)c2[nH]1. The Morgan fingerprint density at radius 3 is 2.19 bits per heavy atom. The Kier molecular flexibility index (Phi) is 2.37. The Balaban J connectivity index is 2.85. The Hall–Kier alpha value is -1.24. The molecule has 0 aliphatic heterocycles. The monoisotopic (exact) mass is 215 g/mol. The highest BCUT2D eigenvalue weighted by atomic mass is 14.7. The van der Waals surface area contributed by atoms with Gasteiger partial charge in [-0.3, -0.25) is 0 Å². The molecule has 86 valence electrons. The summed E-state index contributed by atoms with van der Waals surface area (Å²) in [7, 11) is 0. The standard InChI is InChI=1S/C15H21N/c1-9-7-13(15(4,5)6)11(3)12-8-10(2)16-14(9)12/h7-8,16H,1-6H3. The molecular weight excluding hydrogens is 194 g/mol. The first kappa shape index (κ1) is 11.3. The van der Waals surface area contributed by atoms with Gasteiger partial charge in [0, 0.05) is 16.6 Å². The summed E-state index contributed by atoms with van der Waals surface area (Å²) in [5.41, 5.74) is 6.97. The van der Waals surface area contributed by atoms with E-state index in [1.165, 1.54) is 33.3 Å². The van der Waals surface area contributed by atoms with Gasteiger partial charge in [-0.1, -0.05) is 26.8 Å². The minimum atomic E-state index is 0.216. The van der Waals surface area contributed by atoms with Crippen LogP contribution < -0.4 is 0 Å². The van der Waals surface area contributed by atoms with Crippen LogP contribution in [0.5, 0.6) is 0 Å². The first-order valence-corrected chi connectivity index (χ1v) is 5.90. The van der Waals surface area contributed by atoms with Crippen molar-refractivity contribution in [2.45, 2.75) is 47.0 Å². The molecule has 0 saturated heterocycles. The van der Waals surface area contributed by atoms with Crippen LogP contribution in [-0.2, 0) is 5.41 Å². The second-order valence-electron chi connectivity index (χ2n) is 5.86. The summed E-state index contributed by atoms with van der Waals surface area (Å²) in [6.45, 7) is 13.4. The second-order valence-corrected chi connectivity index (χ2v) is 5.86. The maximum absolute atomic E-state index is 3.45. The largest absolute Gasteiger partial charge is 0.358 e. The van der Waals surface area contributed by atoms with E-state index in [0.717, 1.165) is 0 Å². The fourth-order valence-corrected chi connectivity index (χ4v) is 2.52. The zero-order valence-corrected chi connectivity index (χ0v) is 11.2. The number of aryl methyl sites for hydroxylation is 3. The quantitative estimate of drug-likeness (QED) is 0.671. The van der Waals surface area contributed by atoms with Gasteiger partial charge < -0.3 is 4.98 Å². The number of fused-ring (bicyclic) bond motifs is 1. The molecule has 0 atom stereocenters. The lowest BCUT2D eigenvalue weighted by atomic mass is 9.82. The number of aromatic nitrogens is 1. The molecule has 16 heavy (non-hydrogen) atoms. The van der Waals surface area contributed by atoms with Crippen LogP contribution in [0.3, 0.4) is 0 Å². The lowest BCUT2D eigenvalue weighted by molar-refractivity contribution is 0.587. The summed E-state index contributed by atoms with van der Waals surface area (Å²) in [4.78, 5) is 3.45. The average Bonchev–Trinajstić information content (AvgIpc) is 2.52. The van der Waals surface area contributed by atoms with E-state index in [4.69, 9.17) is 0 Å². The van der Waals surface area contributed by atoms with E-state index in [2.05, 4.69) is 58.7 Å². The molecule has 1 N–H and O–H groups in total. The summed E-state index contributed by atoms with van der Waals surface area (Å²) >= 11 is 0. The van der Waals surface area contributed by atoms with Crippen molar-refractivity contribution in [3.8, 4) is 0 Å². The summed E-state index contributed by atoms with van der Waals surface area (Å²) < 4.78 is 0. The van der Waals surface area contributed by atoms with Gasteiger partial charge in [0.2, 0.25) is 0 Å². The van der Waals surface area contributed by atoms with Gasteiger partial charge >= 0.3 is 0 Å². The average molecular weight is 215 g/mol. The topological polar surface area (TPSA) is 15.8 Å². The first-order chi connectivity index (χ1) is 7.30. The molecule has 0 spiro atoms. The van der Waals surface area contributed by atoms with Crippen LogP contribution in [0.15, 0.2) is 12.1 Å². The highest BCUT2D eigenvalue weighted by molar-refractivity contribution is 5.88. The van der Waals surface area contributed by atoms with E-state index in [9.17, 15) is 0 Å². The van der Waals surface area contributed by atoms with Crippen LogP contribution in [0.1, 0.15) is 43.2 Å². The number of aromatic amines is 1. The molecule has 0 radical (unpaired) electrons. The highest BCUT2D eigenvalue weighted by Gasteiger charge is 2.19. The summed E-state index contributed by atoms with van der Waals surface area (Å²) in [5.74, 6) is 0. The minimum absolute atomic E-state index is 0.216. The molecule has 2 rings (SSSR count). The van der Waals surface area contributed by atoms with Crippen LogP contribution in [-0.4, -0.2) is 4.98 Å². The van der Waals surface area contributed by atoms with Crippen molar-refractivity contribution in [2.24, 2.45) is 0 Å². The Morgan fingerprint density at radius 2 is 1.62 bits per heavy atom. The number of rotatable bonds is 0. The maximum Gasteiger partial charge on any atom is 0.0488 e. The van der Waals surface area contributed by atoms with E-state index in [0.29, 0.717) is 0 Å². The van der Waals surface area contributed by atoms with E-state index < -0.39 is 0 Å². The van der Waals surface area contributed by atoms with Crippen LogP contribution >= 0.6 is 0 Å². The molecule has 1 aromatic carbocycles. The fraction of sp³-hybridized carbons (Fsp3) is 0.467. The van der Waals surface area contributed by atoms with E-state index in [-0.39, 0.29) is 5.41 Å². The molecule has 2 aromatic rings. The normalized spacial score (nSPS) is 12.4. The highest BCUT2D eigenvalue weighted by Crippen LogP contribution is 2.33. The molecule has 0 bridgehead atoms. The van der Waals surface area contributed by atoms with Crippen molar-refractivity contribution in [1.29, 1.82) is 0 Å². The predicted octanol–water partition coefficient (Wildman–Crippen LogP) is 4.39. The van der Waals surface area contributed by atoms with E-state index in [1.54, 1.807) is 0 Å². The number of hydrogen-bond donors (Lipinski definition) is 1. The van der Waals surface area contributed by atoms with Crippen LogP contribution in [0.4, 0.5) is 0 Å². The van der Waals surface area contributed by atoms with Crippen molar-refractivity contribution in [1.82, 2.24) is 4.98 Å². The summed E-state index contributed by atoms with van der Waals surface area (Å²) in [5, 5.41) is 1.38. The van der Waals surface area contributed by atoms with Crippen molar-refractivity contribution in [2.75, 3.05) is 0 Å². The third-order valence-corrected chi connectivity index (χ3v) is 3.32. The number of nitrogens with one attached hydrogen (secondary N) is 1. The maximum atomic E-state index is 3.45. The van der Waals surface area contributed by atoms with Gasteiger partial charge in [-0.15, -0.1) is 0 Å². The first-order valence-electron chi connectivity index (χ1n) is 5.90. The molecule has 0 unspecified atom stereocenters. The Morgan fingerprint density at radius 1 is 1.00 bits per heavy atom. The van der Waals surface area contributed by atoms with Crippen LogP contribution in [0.25, 0.3) is 10.9 Å². The molecular formula is C15H21N. The molecule has 0 aliphatic carbocycles. The molecule has 0 fully saturated rings. The molecule has 1 aromatic heterocycles. The minimum Gasteiger partial charge on any atom is -0.358 e. The zero-order chi connectivity index (χ0) is 12.1. The van der Waals surface area contributed by atoms with Gasteiger partial charge in [0.15, 0.2) is 0 Å². The van der Waals surface area contributed by atoms with Crippen molar-refractivity contribution in [3.63, 3.8) is 0 Å². The summed E-state index contributed by atoms with van der Waals surface area (Å²) in [6, 6.07) is 4.58. The van der Waals surface area contributed by atoms with Crippen molar-refractivity contribution >= 4 is 10.9 Å². The van der Waals surface area contributed by atoms with Crippen molar-refractivity contribution in [3.05, 3.63) is 34.5 Å². The smallest absolute Gasteiger partial charge is 0.0488 e. The van der Waals surface area contributed by atoms with Gasteiger partial charge in [0.25, 0.3) is 0 Å². The summed E-state index contributed by atoms with van der Waals surface area (Å²) in [6.07, 6.45) is 0. The number of benzene rings is 1. The molecule has 0 amide bonds. The number of hydrogen-bond acceptors (Lipinski definition) is 0. The lowest BCUT2D eigenvalue weighted by Gasteiger charge is -2.23. The number of H-pyrrole nitrogens is 1. The molecule has 0 saturated carbocycles.